The van der Waals surface area contributed by atoms with E-state index in [1.807, 2.05) is 27.8 Å². The molecule has 0 aliphatic rings. The molecular formula is C12H22ClN3O2S. The lowest BCUT2D eigenvalue weighted by Gasteiger charge is -2.34. The maximum absolute atomic E-state index is 11.5. The van der Waals surface area contributed by atoms with Gasteiger partial charge in [0, 0.05) is 23.2 Å². The lowest BCUT2D eigenvalue weighted by Crippen LogP contribution is -2.42. The Hall–Kier alpha value is -0.850. The molecule has 0 saturated carbocycles. The zero-order chi connectivity index (χ0) is 13.8. The number of aromatic nitrogens is 1. The van der Waals surface area contributed by atoms with Crippen LogP contribution in [0.25, 0.3) is 0 Å². The lowest BCUT2D eigenvalue weighted by molar-refractivity contribution is -0.145. The summed E-state index contributed by atoms with van der Waals surface area (Å²) in [7, 11) is 1.98. The van der Waals surface area contributed by atoms with Crippen LogP contribution in [0.2, 0.25) is 0 Å². The Bertz CT molecular complexity index is 409. The summed E-state index contributed by atoms with van der Waals surface area (Å²) in [5, 5.41) is 0.571. The average molecular weight is 308 g/mol. The minimum Gasteiger partial charge on any atom is -0.466 e. The first-order chi connectivity index (χ1) is 8.35. The van der Waals surface area contributed by atoms with Crippen LogP contribution in [0.3, 0.4) is 0 Å². The molecule has 0 unspecified atom stereocenters. The first-order valence-corrected chi connectivity index (χ1v) is 6.74. The first kappa shape index (κ1) is 18.1. The summed E-state index contributed by atoms with van der Waals surface area (Å²) in [5.41, 5.74) is 5.34. The SMILES string of the molecule is CCOC(=O)CC(C)(C)N(C)Cc1cnc(N)s1.Cl. The Morgan fingerprint density at radius 3 is 2.68 bits per heavy atom. The fourth-order valence-electron chi connectivity index (χ4n) is 1.54. The van der Waals surface area contributed by atoms with Crippen LogP contribution in [-0.2, 0) is 16.1 Å². The second-order valence-electron chi connectivity index (χ2n) is 4.82. The highest BCUT2D eigenvalue weighted by molar-refractivity contribution is 7.15. The van der Waals surface area contributed by atoms with Gasteiger partial charge in [-0.15, -0.1) is 23.7 Å². The van der Waals surface area contributed by atoms with E-state index in [0.717, 1.165) is 11.4 Å². The second-order valence-corrected chi connectivity index (χ2v) is 5.96. The number of carbonyl (C=O) groups is 1. The third kappa shape index (κ3) is 5.76. The summed E-state index contributed by atoms with van der Waals surface area (Å²) in [6, 6.07) is 0. The van der Waals surface area contributed by atoms with Gasteiger partial charge in [-0.05, 0) is 27.8 Å². The predicted molar refractivity (Wildman–Crippen MR) is 80.6 cm³/mol. The predicted octanol–water partition coefficient (Wildman–Crippen LogP) is 2.31. The molecule has 0 aliphatic heterocycles. The highest BCUT2D eigenvalue weighted by Crippen LogP contribution is 2.23. The maximum atomic E-state index is 11.5. The van der Waals surface area contributed by atoms with E-state index in [0.29, 0.717) is 18.2 Å². The van der Waals surface area contributed by atoms with E-state index in [4.69, 9.17) is 10.5 Å². The van der Waals surface area contributed by atoms with Crippen LogP contribution >= 0.6 is 23.7 Å². The van der Waals surface area contributed by atoms with Crippen molar-refractivity contribution in [2.24, 2.45) is 0 Å². The Morgan fingerprint density at radius 2 is 2.21 bits per heavy atom. The number of halogens is 1. The first-order valence-electron chi connectivity index (χ1n) is 5.92. The van der Waals surface area contributed by atoms with Gasteiger partial charge >= 0.3 is 5.97 Å². The monoisotopic (exact) mass is 307 g/mol. The summed E-state index contributed by atoms with van der Waals surface area (Å²) in [6.07, 6.45) is 2.14. The molecule has 0 fully saturated rings. The van der Waals surface area contributed by atoms with Crippen LogP contribution in [0, 0.1) is 0 Å². The maximum Gasteiger partial charge on any atom is 0.307 e. The zero-order valence-corrected chi connectivity index (χ0v) is 13.4. The summed E-state index contributed by atoms with van der Waals surface area (Å²) in [6.45, 7) is 7.00. The summed E-state index contributed by atoms with van der Waals surface area (Å²) in [4.78, 5) is 18.8. The van der Waals surface area contributed by atoms with Crippen LogP contribution in [0.5, 0.6) is 0 Å². The zero-order valence-electron chi connectivity index (χ0n) is 11.8. The Morgan fingerprint density at radius 1 is 1.58 bits per heavy atom. The average Bonchev–Trinajstić information content (AvgIpc) is 2.63. The van der Waals surface area contributed by atoms with Gasteiger partial charge in [-0.1, -0.05) is 0 Å². The van der Waals surface area contributed by atoms with Crippen molar-refractivity contribution in [3.8, 4) is 0 Å². The third-order valence-corrected chi connectivity index (χ3v) is 3.69. The van der Waals surface area contributed by atoms with Crippen LogP contribution in [0.1, 0.15) is 32.1 Å². The highest BCUT2D eigenvalue weighted by atomic mass is 35.5. The molecule has 0 bridgehead atoms. The number of carbonyl (C=O) groups excluding carboxylic acids is 1. The molecule has 0 radical (unpaired) electrons. The number of rotatable bonds is 6. The van der Waals surface area contributed by atoms with E-state index in [2.05, 4.69) is 9.88 Å². The number of esters is 1. The molecular weight excluding hydrogens is 286 g/mol. The summed E-state index contributed by atoms with van der Waals surface area (Å²) >= 11 is 1.47. The normalized spacial score (nSPS) is 11.2. The number of hydrogen-bond acceptors (Lipinski definition) is 6. The van der Waals surface area contributed by atoms with Crippen LogP contribution in [-0.4, -0.2) is 35.0 Å². The van der Waals surface area contributed by atoms with Gasteiger partial charge in [0.15, 0.2) is 5.13 Å². The van der Waals surface area contributed by atoms with Gasteiger partial charge in [0.05, 0.1) is 13.0 Å². The Kier molecular flexibility index (Phi) is 7.33. The molecule has 7 heteroatoms. The Labute approximate surface area is 124 Å². The van der Waals surface area contributed by atoms with E-state index >= 15 is 0 Å². The standard InChI is InChI=1S/C12H21N3O2S.ClH/c1-5-17-10(16)6-12(2,3)15(4)8-9-7-14-11(13)18-9;/h7H,5-6,8H2,1-4H3,(H2,13,14);1H. The van der Waals surface area contributed by atoms with Crippen molar-refractivity contribution in [3.05, 3.63) is 11.1 Å². The minimum absolute atomic E-state index is 0. The molecule has 0 amide bonds. The van der Waals surface area contributed by atoms with Gasteiger partial charge in [0.2, 0.25) is 0 Å². The summed E-state index contributed by atoms with van der Waals surface area (Å²) in [5.74, 6) is -0.168. The van der Waals surface area contributed by atoms with E-state index < -0.39 is 0 Å². The van der Waals surface area contributed by atoms with E-state index in [1.54, 1.807) is 6.20 Å². The van der Waals surface area contributed by atoms with Gasteiger partial charge in [-0.2, -0.15) is 0 Å². The molecule has 110 valence electrons. The van der Waals surface area contributed by atoms with Crippen LogP contribution < -0.4 is 5.73 Å². The van der Waals surface area contributed by atoms with Gasteiger partial charge in [0.1, 0.15) is 0 Å². The van der Waals surface area contributed by atoms with E-state index in [-0.39, 0.29) is 23.9 Å². The van der Waals surface area contributed by atoms with Crippen LogP contribution in [0.4, 0.5) is 5.13 Å². The molecule has 1 aromatic rings. The molecule has 1 heterocycles. The third-order valence-electron chi connectivity index (χ3n) is 2.88. The fourth-order valence-corrected chi connectivity index (χ4v) is 2.28. The van der Waals surface area contributed by atoms with Crippen molar-refractivity contribution >= 4 is 34.8 Å². The van der Waals surface area contributed by atoms with Crippen molar-refractivity contribution in [2.75, 3.05) is 19.4 Å². The number of nitrogen functional groups attached to an aromatic ring is 1. The van der Waals surface area contributed by atoms with Crippen LogP contribution in [0.15, 0.2) is 6.20 Å². The molecule has 0 aliphatic carbocycles. The number of thiazole rings is 1. The molecule has 5 nitrogen and oxygen atoms in total. The van der Waals surface area contributed by atoms with E-state index in [1.165, 1.54) is 11.3 Å². The quantitative estimate of drug-likeness (QED) is 0.817. The molecule has 19 heavy (non-hydrogen) atoms. The molecule has 0 aromatic carbocycles. The highest BCUT2D eigenvalue weighted by Gasteiger charge is 2.27. The second kappa shape index (κ2) is 7.67. The minimum atomic E-state index is -0.259. The number of ether oxygens (including phenoxy) is 1. The molecule has 2 N–H and O–H groups in total. The number of nitrogens with two attached hydrogens (primary N) is 1. The number of anilines is 1. The molecule has 0 spiro atoms. The van der Waals surface area contributed by atoms with Crippen molar-refractivity contribution in [2.45, 2.75) is 39.3 Å². The van der Waals surface area contributed by atoms with Gasteiger partial charge < -0.3 is 10.5 Å². The van der Waals surface area contributed by atoms with Crippen molar-refractivity contribution in [1.82, 2.24) is 9.88 Å². The largest absolute Gasteiger partial charge is 0.466 e. The topological polar surface area (TPSA) is 68.5 Å². The molecule has 0 atom stereocenters. The van der Waals surface area contributed by atoms with Crippen molar-refractivity contribution in [3.63, 3.8) is 0 Å². The molecule has 0 saturated heterocycles. The summed E-state index contributed by atoms with van der Waals surface area (Å²) < 4.78 is 4.99. The smallest absolute Gasteiger partial charge is 0.307 e. The molecule has 1 aromatic heterocycles. The van der Waals surface area contributed by atoms with Gasteiger partial charge in [-0.25, -0.2) is 4.98 Å². The number of hydrogen-bond donors (Lipinski definition) is 1. The lowest BCUT2D eigenvalue weighted by atomic mass is 9.99. The van der Waals surface area contributed by atoms with E-state index in [9.17, 15) is 4.79 Å². The fraction of sp³-hybridized carbons (Fsp3) is 0.667. The van der Waals surface area contributed by atoms with Crippen molar-refractivity contribution in [1.29, 1.82) is 0 Å². The Balaban J connectivity index is 0.00000324. The number of nitrogens with zero attached hydrogens (tertiary/aromatic N) is 2. The van der Waals surface area contributed by atoms with Gasteiger partial charge in [-0.3, -0.25) is 9.69 Å². The van der Waals surface area contributed by atoms with Crippen molar-refractivity contribution < 1.29 is 9.53 Å². The molecule has 1 rings (SSSR count). The van der Waals surface area contributed by atoms with Gasteiger partial charge in [0.25, 0.3) is 0 Å².